The van der Waals surface area contributed by atoms with E-state index in [1.807, 2.05) is 0 Å². The van der Waals surface area contributed by atoms with Gasteiger partial charge < -0.3 is 10.1 Å². The molecule has 19 heavy (non-hydrogen) atoms. The number of carbonyl (C=O) groups excluding carboxylic acids is 1. The highest BCUT2D eigenvalue weighted by Crippen LogP contribution is 2.16. The van der Waals surface area contributed by atoms with Gasteiger partial charge in [-0.05, 0) is 18.2 Å². The number of methoxy groups -OCH3 is 1. The van der Waals surface area contributed by atoms with Crippen LogP contribution >= 0.6 is 0 Å². The molecule has 0 radical (unpaired) electrons. The molecule has 7 heteroatoms. The van der Waals surface area contributed by atoms with Crippen molar-refractivity contribution in [2.24, 2.45) is 7.05 Å². The zero-order valence-electron chi connectivity index (χ0n) is 10.6. The third-order valence-electron chi connectivity index (χ3n) is 2.50. The van der Waals surface area contributed by atoms with E-state index in [0.717, 1.165) is 5.69 Å². The van der Waals surface area contributed by atoms with Crippen molar-refractivity contribution in [1.29, 1.82) is 0 Å². The van der Waals surface area contributed by atoms with E-state index in [-0.39, 0.29) is 5.56 Å². The molecule has 1 aromatic heterocycles. The Morgan fingerprint density at radius 2 is 2.32 bits per heavy atom. The number of anilines is 1. The summed E-state index contributed by atoms with van der Waals surface area (Å²) in [4.78, 5) is 11.3. The van der Waals surface area contributed by atoms with E-state index in [4.69, 9.17) is 0 Å². The average Bonchev–Trinajstić information content (AvgIpc) is 2.83. The lowest BCUT2D eigenvalue weighted by molar-refractivity contribution is 0.0595. The molecule has 0 unspecified atom stereocenters. The molecular weight excluding hydrogens is 251 g/mol. The van der Waals surface area contributed by atoms with Gasteiger partial charge in [0.15, 0.2) is 0 Å². The van der Waals surface area contributed by atoms with E-state index in [9.17, 15) is 9.18 Å². The van der Waals surface area contributed by atoms with Crippen LogP contribution in [0.5, 0.6) is 0 Å². The molecule has 2 aromatic rings. The summed E-state index contributed by atoms with van der Waals surface area (Å²) in [7, 11) is 2.98. The first-order valence-electron chi connectivity index (χ1n) is 5.57. The van der Waals surface area contributed by atoms with E-state index in [2.05, 4.69) is 20.4 Å². The van der Waals surface area contributed by atoms with Crippen LogP contribution in [0.1, 0.15) is 16.1 Å². The van der Waals surface area contributed by atoms with E-state index >= 15 is 0 Å². The smallest absolute Gasteiger partial charge is 0.340 e. The maximum Gasteiger partial charge on any atom is 0.340 e. The zero-order valence-corrected chi connectivity index (χ0v) is 10.6. The van der Waals surface area contributed by atoms with Crippen LogP contribution in [0.2, 0.25) is 0 Å². The molecular formula is C12H13FN4O2. The van der Waals surface area contributed by atoms with Crippen molar-refractivity contribution in [2.45, 2.75) is 6.54 Å². The van der Waals surface area contributed by atoms with E-state index in [1.165, 1.54) is 25.3 Å². The van der Waals surface area contributed by atoms with Gasteiger partial charge in [-0.1, -0.05) is 5.21 Å². The molecule has 0 aliphatic heterocycles. The molecule has 0 aliphatic carbocycles. The Labute approximate surface area is 109 Å². The summed E-state index contributed by atoms with van der Waals surface area (Å²) in [5.74, 6) is -1.32. The highest BCUT2D eigenvalue weighted by Gasteiger charge is 2.12. The zero-order chi connectivity index (χ0) is 13.8. The minimum atomic E-state index is -0.708. The molecule has 1 aromatic carbocycles. The van der Waals surface area contributed by atoms with Gasteiger partial charge in [-0.15, -0.1) is 5.10 Å². The van der Waals surface area contributed by atoms with Crippen LogP contribution in [0.25, 0.3) is 0 Å². The maximum absolute atomic E-state index is 13.4. The van der Waals surface area contributed by atoms with Gasteiger partial charge in [0, 0.05) is 18.9 Å². The number of aromatic nitrogens is 3. The van der Waals surface area contributed by atoms with Crippen molar-refractivity contribution in [3.05, 3.63) is 41.5 Å². The topological polar surface area (TPSA) is 69.0 Å². The molecule has 0 bridgehead atoms. The van der Waals surface area contributed by atoms with Crippen LogP contribution in [-0.4, -0.2) is 28.1 Å². The lowest BCUT2D eigenvalue weighted by atomic mass is 10.2. The van der Waals surface area contributed by atoms with Gasteiger partial charge in [-0.2, -0.15) is 0 Å². The van der Waals surface area contributed by atoms with Crippen molar-refractivity contribution >= 4 is 11.7 Å². The largest absolute Gasteiger partial charge is 0.465 e. The van der Waals surface area contributed by atoms with Gasteiger partial charge in [-0.3, -0.25) is 4.68 Å². The van der Waals surface area contributed by atoms with Gasteiger partial charge in [0.2, 0.25) is 0 Å². The fraction of sp³-hybridized carbons (Fsp3) is 0.250. The minimum Gasteiger partial charge on any atom is -0.465 e. The normalized spacial score (nSPS) is 10.3. The Balaban J connectivity index is 2.10. The van der Waals surface area contributed by atoms with Gasteiger partial charge in [0.25, 0.3) is 0 Å². The first kappa shape index (κ1) is 13.0. The number of nitrogens with zero attached hydrogens (tertiary/aromatic N) is 3. The second-order valence-corrected chi connectivity index (χ2v) is 3.92. The predicted octanol–water partition coefficient (Wildman–Crippen LogP) is 1.35. The Bertz CT molecular complexity index is 597. The maximum atomic E-state index is 13.4. The molecule has 0 aliphatic rings. The molecule has 0 amide bonds. The Hall–Kier alpha value is -2.44. The van der Waals surface area contributed by atoms with Gasteiger partial charge >= 0.3 is 5.97 Å². The van der Waals surface area contributed by atoms with Crippen molar-refractivity contribution < 1.29 is 13.9 Å². The van der Waals surface area contributed by atoms with Crippen molar-refractivity contribution in [3.8, 4) is 0 Å². The summed E-state index contributed by atoms with van der Waals surface area (Å²) in [6, 6.07) is 4.15. The summed E-state index contributed by atoms with van der Waals surface area (Å²) < 4.78 is 19.5. The van der Waals surface area contributed by atoms with Crippen LogP contribution in [0.4, 0.5) is 10.1 Å². The molecule has 6 nitrogen and oxygen atoms in total. The fourth-order valence-corrected chi connectivity index (χ4v) is 1.57. The lowest BCUT2D eigenvalue weighted by Gasteiger charge is -2.07. The first-order chi connectivity index (χ1) is 9.10. The number of carbonyl (C=O) groups is 1. The van der Waals surface area contributed by atoms with Crippen LogP contribution in [0.3, 0.4) is 0 Å². The highest BCUT2D eigenvalue weighted by molar-refractivity contribution is 5.90. The van der Waals surface area contributed by atoms with Gasteiger partial charge in [-0.25, -0.2) is 9.18 Å². The molecule has 2 rings (SSSR count). The van der Waals surface area contributed by atoms with Crippen molar-refractivity contribution in [2.75, 3.05) is 12.4 Å². The number of aryl methyl sites for hydroxylation is 1. The van der Waals surface area contributed by atoms with Crippen molar-refractivity contribution in [1.82, 2.24) is 15.0 Å². The Morgan fingerprint density at radius 3 is 2.95 bits per heavy atom. The third-order valence-corrected chi connectivity index (χ3v) is 2.50. The standard InChI is InChI=1S/C12H13FN4O2/c1-17-7-9(15-16-17)6-14-8-3-4-11(13)10(5-8)12(18)19-2/h3-5,7,14H,6H2,1-2H3. The van der Waals surface area contributed by atoms with E-state index in [0.29, 0.717) is 12.2 Å². The van der Waals surface area contributed by atoms with Crippen LogP contribution < -0.4 is 5.32 Å². The predicted molar refractivity (Wildman–Crippen MR) is 66.1 cm³/mol. The number of nitrogens with one attached hydrogen (secondary N) is 1. The fourth-order valence-electron chi connectivity index (χ4n) is 1.57. The number of rotatable bonds is 4. The quantitative estimate of drug-likeness (QED) is 0.844. The Kier molecular flexibility index (Phi) is 3.74. The molecule has 0 atom stereocenters. The molecule has 1 N–H and O–H groups in total. The summed E-state index contributed by atoms with van der Waals surface area (Å²) >= 11 is 0. The van der Waals surface area contributed by atoms with Gasteiger partial charge in [0.05, 0.1) is 19.2 Å². The average molecular weight is 264 g/mol. The molecule has 0 saturated carbocycles. The Morgan fingerprint density at radius 1 is 1.53 bits per heavy atom. The highest BCUT2D eigenvalue weighted by atomic mass is 19.1. The summed E-state index contributed by atoms with van der Waals surface area (Å²) in [5, 5.41) is 10.7. The summed E-state index contributed by atoms with van der Waals surface area (Å²) in [5.41, 5.74) is 1.24. The second kappa shape index (κ2) is 5.47. The third kappa shape index (κ3) is 3.06. The minimum absolute atomic E-state index is 0.105. The molecule has 0 fully saturated rings. The van der Waals surface area contributed by atoms with Crippen LogP contribution in [0.15, 0.2) is 24.4 Å². The monoisotopic (exact) mass is 264 g/mol. The molecule has 0 saturated heterocycles. The number of ether oxygens (including phenoxy) is 1. The number of halogens is 1. The number of esters is 1. The number of benzene rings is 1. The number of hydrogen-bond acceptors (Lipinski definition) is 5. The molecule has 1 heterocycles. The summed E-state index contributed by atoms with van der Waals surface area (Å²) in [6.07, 6.45) is 1.76. The lowest BCUT2D eigenvalue weighted by Crippen LogP contribution is -2.06. The van der Waals surface area contributed by atoms with Crippen LogP contribution in [0, 0.1) is 5.82 Å². The molecule has 0 spiro atoms. The van der Waals surface area contributed by atoms with Gasteiger partial charge in [0.1, 0.15) is 11.5 Å². The van der Waals surface area contributed by atoms with Crippen LogP contribution in [-0.2, 0) is 18.3 Å². The van der Waals surface area contributed by atoms with Crippen molar-refractivity contribution in [3.63, 3.8) is 0 Å². The molecule has 100 valence electrons. The second-order valence-electron chi connectivity index (χ2n) is 3.92. The van der Waals surface area contributed by atoms with E-state index in [1.54, 1.807) is 17.9 Å². The first-order valence-corrected chi connectivity index (χ1v) is 5.57. The summed E-state index contributed by atoms with van der Waals surface area (Å²) in [6.45, 7) is 0.431. The SMILES string of the molecule is COC(=O)c1cc(NCc2cn(C)nn2)ccc1F. The van der Waals surface area contributed by atoms with E-state index < -0.39 is 11.8 Å². The number of hydrogen-bond donors (Lipinski definition) is 1.